The molecule has 0 aromatic carbocycles. The molecule has 0 aliphatic heterocycles. The van der Waals surface area contributed by atoms with E-state index in [2.05, 4.69) is 27.7 Å². The standard InChI is InChI=1S/C61H118O6/c1-5-7-9-11-13-15-17-19-21-22-24-29-33-37-41-45-49-53-60(63)66-56-58(55-65-59(62)52-48-44-40-36-32-28-23-20-18-16-14-12-10-8-6-2)67-61(64)54-50-46-42-38-34-30-26-25-27-31-35-39-43-47-51-57(3)4/h57-58H,5-56H2,1-4H3/t58-/m0/s1. The Hall–Kier alpha value is -1.59. The zero-order chi connectivity index (χ0) is 48.8. The van der Waals surface area contributed by atoms with Crippen LogP contribution in [0.3, 0.4) is 0 Å². The van der Waals surface area contributed by atoms with Gasteiger partial charge in [-0.3, -0.25) is 14.4 Å². The molecule has 0 fully saturated rings. The third-order valence-corrected chi connectivity index (χ3v) is 14.0. The fourth-order valence-electron chi connectivity index (χ4n) is 9.46. The van der Waals surface area contributed by atoms with Crippen molar-refractivity contribution >= 4 is 17.9 Å². The molecule has 0 spiro atoms. The molecule has 0 aliphatic carbocycles. The van der Waals surface area contributed by atoms with E-state index >= 15 is 0 Å². The van der Waals surface area contributed by atoms with Crippen LogP contribution < -0.4 is 0 Å². The monoisotopic (exact) mass is 947 g/mol. The fraction of sp³-hybridized carbons (Fsp3) is 0.951. The van der Waals surface area contributed by atoms with Crippen LogP contribution in [0, 0.1) is 5.92 Å². The summed E-state index contributed by atoms with van der Waals surface area (Å²) in [7, 11) is 0. The molecule has 0 saturated heterocycles. The molecule has 0 aromatic rings. The van der Waals surface area contributed by atoms with Crippen LogP contribution in [0.4, 0.5) is 0 Å². The van der Waals surface area contributed by atoms with Gasteiger partial charge in [0.1, 0.15) is 13.2 Å². The summed E-state index contributed by atoms with van der Waals surface area (Å²) in [5.74, 6) is 0.0126. The lowest BCUT2D eigenvalue weighted by atomic mass is 10.0. The van der Waals surface area contributed by atoms with E-state index in [1.165, 1.54) is 244 Å². The van der Waals surface area contributed by atoms with Crippen molar-refractivity contribution in [3.05, 3.63) is 0 Å². The quantitative estimate of drug-likeness (QED) is 0.0343. The summed E-state index contributed by atoms with van der Waals surface area (Å²) in [6.45, 7) is 9.08. The highest BCUT2D eigenvalue weighted by atomic mass is 16.6. The second kappa shape index (κ2) is 55.3. The van der Waals surface area contributed by atoms with E-state index in [4.69, 9.17) is 14.2 Å². The first-order chi connectivity index (χ1) is 32.9. The maximum absolute atomic E-state index is 12.9. The van der Waals surface area contributed by atoms with Crippen molar-refractivity contribution in [2.24, 2.45) is 5.92 Å². The van der Waals surface area contributed by atoms with Crippen LogP contribution in [-0.2, 0) is 28.6 Å². The minimum atomic E-state index is -0.762. The Balaban J connectivity index is 4.29. The topological polar surface area (TPSA) is 78.9 Å². The molecule has 0 aliphatic rings. The third kappa shape index (κ3) is 55.2. The molecular formula is C61H118O6. The molecule has 0 saturated carbocycles. The minimum absolute atomic E-state index is 0.0614. The largest absolute Gasteiger partial charge is 0.462 e. The first-order valence-electron chi connectivity index (χ1n) is 30.4. The SMILES string of the molecule is CCCCCCCCCCCCCCCCCCCC(=O)OC[C@H](COC(=O)CCCCCCCCCCCCCCCCC)OC(=O)CCCCCCCCCCCCCCCCC(C)C. The van der Waals surface area contributed by atoms with Crippen LogP contribution in [0.2, 0.25) is 0 Å². The van der Waals surface area contributed by atoms with Gasteiger partial charge in [0.15, 0.2) is 6.10 Å². The molecule has 6 heteroatoms. The van der Waals surface area contributed by atoms with Gasteiger partial charge in [0, 0.05) is 19.3 Å². The van der Waals surface area contributed by atoms with Gasteiger partial charge in [-0.25, -0.2) is 0 Å². The molecular weight excluding hydrogens is 829 g/mol. The Morgan fingerprint density at radius 2 is 0.493 bits per heavy atom. The van der Waals surface area contributed by atoms with E-state index in [0.29, 0.717) is 19.3 Å². The van der Waals surface area contributed by atoms with Crippen molar-refractivity contribution in [2.75, 3.05) is 13.2 Å². The number of esters is 3. The summed E-state index contributed by atoms with van der Waals surface area (Å²) in [5.41, 5.74) is 0. The van der Waals surface area contributed by atoms with Crippen LogP contribution in [0.1, 0.15) is 349 Å². The summed E-state index contributed by atoms with van der Waals surface area (Å²) >= 11 is 0. The normalized spacial score (nSPS) is 12.0. The lowest BCUT2D eigenvalue weighted by Crippen LogP contribution is -2.30. The predicted molar refractivity (Wildman–Crippen MR) is 289 cm³/mol. The van der Waals surface area contributed by atoms with Crippen molar-refractivity contribution in [3.63, 3.8) is 0 Å². The zero-order valence-electron chi connectivity index (χ0n) is 45.9. The van der Waals surface area contributed by atoms with Gasteiger partial charge in [-0.15, -0.1) is 0 Å². The number of carbonyl (C=O) groups excluding carboxylic acids is 3. The second-order valence-electron chi connectivity index (χ2n) is 21.5. The Labute approximate surface area is 418 Å². The van der Waals surface area contributed by atoms with Crippen LogP contribution in [0.25, 0.3) is 0 Å². The Morgan fingerprint density at radius 1 is 0.284 bits per heavy atom. The number of ether oxygens (including phenoxy) is 3. The second-order valence-corrected chi connectivity index (χ2v) is 21.5. The number of rotatable bonds is 56. The molecule has 0 unspecified atom stereocenters. The van der Waals surface area contributed by atoms with Gasteiger partial charge < -0.3 is 14.2 Å². The maximum Gasteiger partial charge on any atom is 0.306 e. The lowest BCUT2D eigenvalue weighted by Gasteiger charge is -2.18. The molecule has 0 amide bonds. The summed E-state index contributed by atoms with van der Waals surface area (Å²) < 4.78 is 16.9. The summed E-state index contributed by atoms with van der Waals surface area (Å²) in [6.07, 6.45) is 60.9. The van der Waals surface area contributed by atoms with Crippen molar-refractivity contribution in [1.29, 1.82) is 0 Å². The van der Waals surface area contributed by atoms with Crippen LogP contribution in [0.15, 0.2) is 0 Å². The van der Waals surface area contributed by atoms with E-state index in [-0.39, 0.29) is 31.1 Å². The summed E-state index contributed by atoms with van der Waals surface area (Å²) in [6, 6.07) is 0. The van der Waals surface area contributed by atoms with Gasteiger partial charge in [0.05, 0.1) is 0 Å². The van der Waals surface area contributed by atoms with Gasteiger partial charge in [0.25, 0.3) is 0 Å². The zero-order valence-corrected chi connectivity index (χ0v) is 45.9. The molecule has 0 bridgehead atoms. The van der Waals surface area contributed by atoms with Gasteiger partial charge in [-0.1, -0.05) is 310 Å². The van der Waals surface area contributed by atoms with Crippen LogP contribution in [-0.4, -0.2) is 37.2 Å². The molecule has 67 heavy (non-hydrogen) atoms. The molecule has 0 radical (unpaired) electrons. The number of hydrogen-bond donors (Lipinski definition) is 0. The molecule has 398 valence electrons. The van der Waals surface area contributed by atoms with Crippen LogP contribution in [0.5, 0.6) is 0 Å². The van der Waals surface area contributed by atoms with Gasteiger partial charge in [-0.2, -0.15) is 0 Å². The number of carbonyl (C=O) groups is 3. The van der Waals surface area contributed by atoms with Crippen molar-refractivity contribution in [1.82, 2.24) is 0 Å². The van der Waals surface area contributed by atoms with Crippen molar-refractivity contribution < 1.29 is 28.6 Å². The highest BCUT2D eigenvalue weighted by Gasteiger charge is 2.19. The number of unbranched alkanes of at least 4 members (excludes halogenated alkanes) is 43. The molecule has 6 nitrogen and oxygen atoms in total. The first-order valence-corrected chi connectivity index (χ1v) is 30.4. The molecule has 0 aromatic heterocycles. The lowest BCUT2D eigenvalue weighted by molar-refractivity contribution is -0.167. The van der Waals surface area contributed by atoms with E-state index in [1.807, 2.05) is 0 Å². The van der Waals surface area contributed by atoms with Gasteiger partial charge in [0.2, 0.25) is 0 Å². The third-order valence-electron chi connectivity index (χ3n) is 14.0. The van der Waals surface area contributed by atoms with Crippen LogP contribution >= 0.6 is 0 Å². The Kier molecular flexibility index (Phi) is 54.0. The highest BCUT2D eigenvalue weighted by molar-refractivity contribution is 5.71. The van der Waals surface area contributed by atoms with Gasteiger partial charge >= 0.3 is 17.9 Å². The van der Waals surface area contributed by atoms with E-state index in [0.717, 1.165) is 63.7 Å². The minimum Gasteiger partial charge on any atom is -0.462 e. The fourth-order valence-corrected chi connectivity index (χ4v) is 9.46. The van der Waals surface area contributed by atoms with Crippen molar-refractivity contribution in [2.45, 2.75) is 355 Å². The Bertz CT molecular complexity index is 1010. The number of hydrogen-bond acceptors (Lipinski definition) is 6. The summed E-state index contributed by atoms with van der Waals surface area (Å²) in [5, 5.41) is 0. The highest BCUT2D eigenvalue weighted by Crippen LogP contribution is 2.18. The van der Waals surface area contributed by atoms with E-state index in [9.17, 15) is 14.4 Å². The van der Waals surface area contributed by atoms with E-state index < -0.39 is 6.10 Å². The molecule has 1 atom stereocenters. The smallest absolute Gasteiger partial charge is 0.306 e. The Morgan fingerprint density at radius 3 is 0.731 bits per heavy atom. The molecule has 0 N–H and O–H groups in total. The average molecular weight is 948 g/mol. The van der Waals surface area contributed by atoms with E-state index in [1.54, 1.807) is 0 Å². The van der Waals surface area contributed by atoms with Crippen molar-refractivity contribution in [3.8, 4) is 0 Å². The average Bonchev–Trinajstić information content (AvgIpc) is 3.31. The first kappa shape index (κ1) is 65.4. The predicted octanol–water partition coefficient (Wildman–Crippen LogP) is 20.2. The summed E-state index contributed by atoms with van der Waals surface area (Å²) in [4.78, 5) is 38.2. The molecule has 0 rings (SSSR count). The molecule has 0 heterocycles. The van der Waals surface area contributed by atoms with Gasteiger partial charge in [-0.05, 0) is 25.2 Å². The maximum atomic E-state index is 12.9.